The van der Waals surface area contributed by atoms with E-state index in [2.05, 4.69) is 15.1 Å². The van der Waals surface area contributed by atoms with Crippen molar-refractivity contribution in [1.29, 1.82) is 0 Å². The van der Waals surface area contributed by atoms with Crippen LogP contribution in [0.15, 0.2) is 27.1 Å². The summed E-state index contributed by atoms with van der Waals surface area (Å²) in [6.07, 6.45) is 0.196. The lowest BCUT2D eigenvalue weighted by Gasteiger charge is -2.15. The Morgan fingerprint density at radius 3 is 2.95 bits per heavy atom. The van der Waals surface area contributed by atoms with Crippen molar-refractivity contribution in [3.05, 3.63) is 35.7 Å². The van der Waals surface area contributed by atoms with Crippen molar-refractivity contribution < 1.29 is 17.7 Å². The average molecular weight is 306 g/mol. The lowest BCUT2D eigenvalue weighted by atomic mass is 10.1. The van der Waals surface area contributed by atoms with E-state index in [-0.39, 0.29) is 24.9 Å². The summed E-state index contributed by atoms with van der Waals surface area (Å²) >= 11 is 0. The number of nitrogens with zero attached hydrogens (tertiary/aromatic N) is 4. The first kappa shape index (κ1) is 13.2. The van der Waals surface area contributed by atoms with Gasteiger partial charge in [0, 0.05) is 19.0 Å². The molecule has 8 heteroatoms. The van der Waals surface area contributed by atoms with Crippen molar-refractivity contribution in [2.24, 2.45) is 0 Å². The molecule has 0 bridgehead atoms. The third kappa shape index (κ3) is 2.02. The molecular formula is C14H12F2N4O2. The van der Waals surface area contributed by atoms with Gasteiger partial charge in [-0.2, -0.15) is 9.97 Å². The summed E-state index contributed by atoms with van der Waals surface area (Å²) in [7, 11) is 0. The second-order valence-electron chi connectivity index (χ2n) is 5.39. The Kier molecular flexibility index (Phi) is 2.69. The standard InChI is InChI=1S/C14H12F2N4O2/c1-8-17-12(22-19-8)14(16)4-5-20(7-14)13-18-10-3-2-9(15)6-11(10)21-13/h2-3,6H,4-5,7H2,1H3. The largest absolute Gasteiger partial charge is 0.423 e. The molecule has 2 aromatic heterocycles. The number of anilines is 1. The van der Waals surface area contributed by atoms with E-state index in [9.17, 15) is 8.78 Å². The van der Waals surface area contributed by atoms with Crippen molar-refractivity contribution in [2.75, 3.05) is 18.0 Å². The first-order chi connectivity index (χ1) is 10.5. The molecule has 0 amide bonds. The van der Waals surface area contributed by atoms with Crippen LogP contribution in [0.4, 0.5) is 14.8 Å². The molecule has 6 nitrogen and oxygen atoms in total. The predicted octanol–water partition coefficient (Wildman–Crippen LogP) is 2.73. The van der Waals surface area contributed by atoms with Crippen LogP contribution >= 0.6 is 0 Å². The van der Waals surface area contributed by atoms with Crippen molar-refractivity contribution in [3.8, 4) is 0 Å². The Morgan fingerprint density at radius 1 is 1.32 bits per heavy atom. The van der Waals surface area contributed by atoms with Gasteiger partial charge in [-0.25, -0.2) is 8.78 Å². The minimum atomic E-state index is -1.73. The molecule has 3 heterocycles. The smallest absolute Gasteiger partial charge is 0.298 e. The minimum absolute atomic E-state index is 0.00391. The SMILES string of the molecule is Cc1noc(C2(F)CCN(c3nc4ccc(F)cc4o3)C2)n1. The molecule has 1 unspecified atom stereocenters. The van der Waals surface area contributed by atoms with E-state index in [0.717, 1.165) is 0 Å². The van der Waals surface area contributed by atoms with Gasteiger partial charge in [-0.15, -0.1) is 0 Å². The fraction of sp³-hybridized carbons (Fsp3) is 0.357. The van der Waals surface area contributed by atoms with E-state index < -0.39 is 11.5 Å². The fourth-order valence-corrected chi connectivity index (χ4v) is 2.61. The van der Waals surface area contributed by atoms with E-state index in [1.807, 2.05) is 0 Å². The number of oxazole rings is 1. The zero-order valence-corrected chi connectivity index (χ0v) is 11.7. The second-order valence-corrected chi connectivity index (χ2v) is 5.39. The maximum atomic E-state index is 14.9. The summed E-state index contributed by atoms with van der Waals surface area (Å²) in [4.78, 5) is 9.88. The highest BCUT2D eigenvalue weighted by molar-refractivity contribution is 5.74. The van der Waals surface area contributed by atoms with E-state index >= 15 is 0 Å². The monoisotopic (exact) mass is 306 g/mol. The third-order valence-electron chi connectivity index (χ3n) is 3.74. The van der Waals surface area contributed by atoms with Gasteiger partial charge in [-0.1, -0.05) is 5.16 Å². The summed E-state index contributed by atoms with van der Waals surface area (Å²) in [5.41, 5.74) is -0.867. The average Bonchev–Trinajstić information content (AvgIpc) is 3.17. The van der Waals surface area contributed by atoms with Gasteiger partial charge < -0.3 is 13.8 Å². The highest BCUT2D eigenvalue weighted by Crippen LogP contribution is 2.37. The van der Waals surface area contributed by atoms with Gasteiger partial charge in [-0.05, 0) is 19.1 Å². The highest BCUT2D eigenvalue weighted by atomic mass is 19.1. The molecule has 1 aliphatic rings. The van der Waals surface area contributed by atoms with E-state index in [1.54, 1.807) is 11.8 Å². The molecule has 22 heavy (non-hydrogen) atoms. The van der Waals surface area contributed by atoms with Crippen LogP contribution in [0.5, 0.6) is 0 Å². The molecule has 114 valence electrons. The predicted molar refractivity (Wildman–Crippen MR) is 72.6 cm³/mol. The lowest BCUT2D eigenvalue weighted by molar-refractivity contribution is 0.135. The first-order valence-electron chi connectivity index (χ1n) is 6.84. The number of aromatic nitrogens is 3. The second kappa shape index (κ2) is 4.49. The van der Waals surface area contributed by atoms with Crippen LogP contribution < -0.4 is 4.90 Å². The number of rotatable bonds is 2. The van der Waals surface area contributed by atoms with Crippen molar-refractivity contribution in [2.45, 2.75) is 19.0 Å². The number of alkyl halides is 1. The van der Waals surface area contributed by atoms with Crippen LogP contribution in [-0.4, -0.2) is 28.2 Å². The van der Waals surface area contributed by atoms with Crippen LogP contribution in [0.3, 0.4) is 0 Å². The molecule has 0 aliphatic carbocycles. The van der Waals surface area contributed by atoms with Gasteiger partial charge in [0.1, 0.15) is 11.3 Å². The Morgan fingerprint density at radius 2 is 2.18 bits per heavy atom. The Balaban J connectivity index is 1.63. The quantitative estimate of drug-likeness (QED) is 0.725. The number of hydrogen-bond donors (Lipinski definition) is 0. The fourth-order valence-electron chi connectivity index (χ4n) is 2.61. The summed E-state index contributed by atoms with van der Waals surface area (Å²) in [5.74, 6) is -0.0461. The molecule has 1 fully saturated rings. The van der Waals surface area contributed by atoms with Gasteiger partial charge in [0.25, 0.3) is 11.9 Å². The summed E-state index contributed by atoms with van der Waals surface area (Å²) in [6.45, 7) is 2.04. The summed E-state index contributed by atoms with van der Waals surface area (Å²) in [6, 6.07) is 4.35. The Hall–Kier alpha value is -2.51. The van der Waals surface area contributed by atoms with Crippen molar-refractivity contribution >= 4 is 17.1 Å². The number of halogens is 2. The van der Waals surface area contributed by atoms with Gasteiger partial charge in [0.05, 0.1) is 6.54 Å². The Bertz CT molecular complexity index is 846. The first-order valence-corrected chi connectivity index (χ1v) is 6.84. The normalized spacial score (nSPS) is 21.9. The number of aryl methyl sites for hydroxylation is 1. The van der Waals surface area contributed by atoms with Gasteiger partial charge >= 0.3 is 0 Å². The van der Waals surface area contributed by atoms with Gasteiger partial charge in [0.2, 0.25) is 5.67 Å². The van der Waals surface area contributed by atoms with Crippen LogP contribution in [0.1, 0.15) is 18.1 Å². The van der Waals surface area contributed by atoms with E-state index in [1.165, 1.54) is 18.2 Å². The van der Waals surface area contributed by atoms with Crippen LogP contribution in [0.2, 0.25) is 0 Å². The van der Waals surface area contributed by atoms with E-state index in [0.29, 0.717) is 23.5 Å². The molecule has 0 spiro atoms. The number of fused-ring (bicyclic) bond motifs is 1. The lowest BCUT2D eigenvalue weighted by Crippen LogP contribution is -2.27. The Labute approximate surface area is 123 Å². The van der Waals surface area contributed by atoms with Gasteiger partial charge in [-0.3, -0.25) is 0 Å². The zero-order chi connectivity index (χ0) is 15.3. The molecular weight excluding hydrogens is 294 g/mol. The molecule has 3 aromatic rings. The highest BCUT2D eigenvalue weighted by Gasteiger charge is 2.46. The number of benzene rings is 1. The van der Waals surface area contributed by atoms with Crippen LogP contribution in [0.25, 0.3) is 11.1 Å². The molecule has 0 saturated carbocycles. The summed E-state index contributed by atoms with van der Waals surface area (Å²) in [5, 5.41) is 3.62. The molecule has 1 saturated heterocycles. The van der Waals surface area contributed by atoms with Crippen molar-refractivity contribution in [1.82, 2.24) is 15.1 Å². The molecule has 0 radical (unpaired) electrons. The van der Waals surface area contributed by atoms with E-state index in [4.69, 9.17) is 8.94 Å². The maximum absolute atomic E-state index is 14.9. The molecule has 1 aliphatic heterocycles. The molecule has 4 rings (SSSR count). The third-order valence-corrected chi connectivity index (χ3v) is 3.74. The number of hydrogen-bond acceptors (Lipinski definition) is 6. The molecule has 1 aromatic carbocycles. The van der Waals surface area contributed by atoms with Gasteiger partial charge in [0.15, 0.2) is 11.4 Å². The van der Waals surface area contributed by atoms with Crippen molar-refractivity contribution in [3.63, 3.8) is 0 Å². The minimum Gasteiger partial charge on any atom is -0.423 e. The van der Waals surface area contributed by atoms with Crippen LogP contribution in [0, 0.1) is 12.7 Å². The topological polar surface area (TPSA) is 68.2 Å². The molecule has 1 atom stereocenters. The zero-order valence-electron chi connectivity index (χ0n) is 11.7. The maximum Gasteiger partial charge on any atom is 0.298 e. The molecule has 0 N–H and O–H groups in total. The summed E-state index contributed by atoms with van der Waals surface area (Å²) < 4.78 is 38.6. The van der Waals surface area contributed by atoms with Crippen LogP contribution in [-0.2, 0) is 5.67 Å².